The van der Waals surface area contributed by atoms with Gasteiger partial charge in [-0.15, -0.1) is 0 Å². The van der Waals surface area contributed by atoms with Gasteiger partial charge in [0.25, 0.3) is 0 Å². The van der Waals surface area contributed by atoms with Crippen molar-refractivity contribution < 1.29 is 0 Å². The van der Waals surface area contributed by atoms with Crippen molar-refractivity contribution in [2.45, 2.75) is 32.2 Å². The number of nitrogens with two attached hydrogens (primary N) is 1. The molecule has 15 heavy (non-hydrogen) atoms. The molecular formula is C13H16BrN. The SMILES string of the molecule is Cc1ccc(C(N)C2=CCCC2)c(Br)c1. The number of halogens is 1. The van der Waals surface area contributed by atoms with Crippen molar-refractivity contribution in [2.75, 3.05) is 0 Å². The van der Waals surface area contributed by atoms with Crippen LogP contribution in [-0.2, 0) is 0 Å². The van der Waals surface area contributed by atoms with Crippen molar-refractivity contribution in [2.24, 2.45) is 5.73 Å². The summed E-state index contributed by atoms with van der Waals surface area (Å²) in [5, 5.41) is 0. The molecule has 1 atom stereocenters. The maximum atomic E-state index is 6.25. The molecule has 2 N–H and O–H groups in total. The molecule has 0 bridgehead atoms. The van der Waals surface area contributed by atoms with E-state index in [2.05, 4.69) is 47.1 Å². The van der Waals surface area contributed by atoms with E-state index in [1.807, 2.05) is 0 Å². The third-order valence-electron chi connectivity index (χ3n) is 2.97. The lowest BCUT2D eigenvalue weighted by atomic mass is 9.98. The molecule has 0 aromatic heterocycles. The lowest BCUT2D eigenvalue weighted by molar-refractivity contribution is 0.781. The van der Waals surface area contributed by atoms with Crippen LogP contribution in [0.5, 0.6) is 0 Å². The second kappa shape index (κ2) is 4.50. The van der Waals surface area contributed by atoms with Gasteiger partial charge in [-0.25, -0.2) is 0 Å². The van der Waals surface area contributed by atoms with E-state index in [4.69, 9.17) is 5.73 Å². The topological polar surface area (TPSA) is 26.0 Å². The van der Waals surface area contributed by atoms with E-state index in [0.717, 1.165) is 10.9 Å². The summed E-state index contributed by atoms with van der Waals surface area (Å²) in [4.78, 5) is 0. The fourth-order valence-corrected chi connectivity index (χ4v) is 2.80. The molecule has 0 radical (unpaired) electrons. The second-order valence-corrected chi connectivity index (χ2v) is 5.03. The predicted octanol–water partition coefficient (Wildman–Crippen LogP) is 3.87. The summed E-state index contributed by atoms with van der Waals surface area (Å²) in [6.45, 7) is 2.09. The first-order chi connectivity index (χ1) is 7.18. The summed E-state index contributed by atoms with van der Waals surface area (Å²) in [7, 11) is 0. The van der Waals surface area contributed by atoms with Crippen LogP contribution in [0.3, 0.4) is 0 Å². The molecule has 0 aliphatic heterocycles. The number of hydrogen-bond acceptors (Lipinski definition) is 1. The summed E-state index contributed by atoms with van der Waals surface area (Å²) in [6, 6.07) is 6.45. The Bertz CT molecular complexity index is 396. The minimum absolute atomic E-state index is 0.0717. The minimum Gasteiger partial charge on any atom is -0.321 e. The standard InChI is InChI=1S/C13H16BrN/c1-9-6-7-11(12(14)8-9)13(15)10-4-2-3-5-10/h4,6-8,13H,2-3,5,15H2,1H3. The van der Waals surface area contributed by atoms with E-state index in [9.17, 15) is 0 Å². The first-order valence-electron chi connectivity index (χ1n) is 5.39. The molecule has 1 aromatic rings. The van der Waals surface area contributed by atoms with Gasteiger partial charge in [0, 0.05) is 4.47 Å². The highest BCUT2D eigenvalue weighted by Crippen LogP contribution is 2.32. The number of allylic oxidation sites excluding steroid dienone is 1. The van der Waals surface area contributed by atoms with E-state index in [-0.39, 0.29) is 6.04 Å². The van der Waals surface area contributed by atoms with Crippen LogP contribution in [0.1, 0.15) is 36.4 Å². The van der Waals surface area contributed by atoms with Crippen molar-refractivity contribution in [3.05, 3.63) is 45.4 Å². The van der Waals surface area contributed by atoms with Crippen molar-refractivity contribution in [3.63, 3.8) is 0 Å². The van der Waals surface area contributed by atoms with Gasteiger partial charge in [0.2, 0.25) is 0 Å². The predicted molar refractivity (Wildman–Crippen MR) is 67.7 cm³/mol. The van der Waals surface area contributed by atoms with Crippen LogP contribution in [-0.4, -0.2) is 0 Å². The van der Waals surface area contributed by atoms with Crippen LogP contribution < -0.4 is 5.73 Å². The summed E-state index contributed by atoms with van der Waals surface area (Å²) >= 11 is 3.59. The number of benzene rings is 1. The average molecular weight is 266 g/mol. The van der Waals surface area contributed by atoms with Gasteiger partial charge < -0.3 is 5.73 Å². The number of rotatable bonds is 2. The van der Waals surface area contributed by atoms with Crippen LogP contribution in [0, 0.1) is 6.92 Å². The Morgan fingerprint density at radius 2 is 2.20 bits per heavy atom. The van der Waals surface area contributed by atoms with E-state index in [0.29, 0.717) is 0 Å². The lowest BCUT2D eigenvalue weighted by Crippen LogP contribution is -2.12. The van der Waals surface area contributed by atoms with Gasteiger partial charge in [-0.05, 0) is 43.4 Å². The first-order valence-corrected chi connectivity index (χ1v) is 6.18. The zero-order chi connectivity index (χ0) is 10.8. The Labute approximate surface area is 99.5 Å². The maximum absolute atomic E-state index is 6.25. The highest BCUT2D eigenvalue weighted by molar-refractivity contribution is 9.10. The summed E-state index contributed by atoms with van der Waals surface area (Å²) in [5.74, 6) is 0. The molecule has 0 amide bonds. The van der Waals surface area contributed by atoms with Crippen molar-refractivity contribution in [3.8, 4) is 0 Å². The Balaban J connectivity index is 2.28. The van der Waals surface area contributed by atoms with E-state index >= 15 is 0 Å². The Hall–Kier alpha value is -0.600. The molecule has 1 nitrogen and oxygen atoms in total. The van der Waals surface area contributed by atoms with Crippen LogP contribution in [0.2, 0.25) is 0 Å². The first kappa shape index (κ1) is 10.9. The molecule has 80 valence electrons. The smallest absolute Gasteiger partial charge is 0.0522 e. The largest absolute Gasteiger partial charge is 0.321 e. The summed E-state index contributed by atoms with van der Waals surface area (Å²) < 4.78 is 1.13. The van der Waals surface area contributed by atoms with Gasteiger partial charge in [-0.3, -0.25) is 0 Å². The molecule has 0 fully saturated rings. The van der Waals surface area contributed by atoms with Crippen molar-refractivity contribution in [1.29, 1.82) is 0 Å². The third-order valence-corrected chi connectivity index (χ3v) is 3.65. The van der Waals surface area contributed by atoms with Crippen molar-refractivity contribution >= 4 is 15.9 Å². The normalized spacial score (nSPS) is 17.7. The van der Waals surface area contributed by atoms with Gasteiger partial charge in [-0.1, -0.05) is 39.7 Å². The monoisotopic (exact) mass is 265 g/mol. The summed E-state index contributed by atoms with van der Waals surface area (Å²) in [5.41, 5.74) is 10.1. The maximum Gasteiger partial charge on any atom is 0.0522 e. The highest BCUT2D eigenvalue weighted by atomic mass is 79.9. The molecule has 2 heteroatoms. The molecule has 0 heterocycles. The molecular weight excluding hydrogens is 250 g/mol. The Morgan fingerprint density at radius 3 is 2.80 bits per heavy atom. The zero-order valence-electron chi connectivity index (χ0n) is 8.96. The Morgan fingerprint density at radius 1 is 1.40 bits per heavy atom. The van der Waals surface area contributed by atoms with Crippen LogP contribution in [0.15, 0.2) is 34.3 Å². The molecule has 1 aliphatic carbocycles. The Kier molecular flexibility index (Phi) is 3.27. The highest BCUT2D eigenvalue weighted by Gasteiger charge is 2.16. The minimum atomic E-state index is 0.0717. The van der Waals surface area contributed by atoms with Gasteiger partial charge in [-0.2, -0.15) is 0 Å². The van der Waals surface area contributed by atoms with E-state index in [1.54, 1.807) is 0 Å². The molecule has 1 aliphatic rings. The molecule has 0 saturated carbocycles. The fourth-order valence-electron chi connectivity index (χ4n) is 2.06. The van der Waals surface area contributed by atoms with Crippen molar-refractivity contribution in [1.82, 2.24) is 0 Å². The second-order valence-electron chi connectivity index (χ2n) is 4.17. The van der Waals surface area contributed by atoms with Gasteiger partial charge in [0.05, 0.1) is 6.04 Å². The van der Waals surface area contributed by atoms with Gasteiger partial charge >= 0.3 is 0 Å². The number of aryl methyl sites for hydroxylation is 1. The van der Waals surface area contributed by atoms with E-state index < -0.39 is 0 Å². The van der Waals surface area contributed by atoms with Crippen LogP contribution >= 0.6 is 15.9 Å². The summed E-state index contributed by atoms with van der Waals surface area (Å²) in [6.07, 6.45) is 5.89. The zero-order valence-corrected chi connectivity index (χ0v) is 10.5. The van der Waals surface area contributed by atoms with E-state index in [1.165, 1.54) is 29.5 Å². The molecule has 0 saturated heterocycles. The quantitative estimate of drug-likeness (QED) is 0.808. The molecule has 2 rings (SSSR count). The molecule has 0 spiro atoms. The van der Waals surface area contributed by atoms with Gasteiger partial charge in [0.1, 0.15) is 0 Å². The third kappa shape index (κ3) is 2.32. The van der Waals surface area contributed by atoms with Crippen LogP contribution in [0.25, 0.3) is 0 Å². The fraction of sp³-hybridized carbons (Fsp3) is 0.385. The average Bonchev–Trinajstić information content (AvgIpc) is 2.69. The molecule has 1 unspecified atom stereocenters. The molecule has 1 aromatic carbocycles. The lowest BCUT2D eigenvalue weighted by Gasteiger charge is -2.15. The number of hydrogen-bond donors (Lipinski definition) is 1. The van der Waals surface area contributed by atoms with Crippen LogP contribution in [0.4, 0.5) is 0 Å². The van der Waals surface area contributed by atoms with Gasteiger partial charge in [0.15, 0.2) is 0 Å².